The van der Waals surface area contributed by atoms with E-state index in [9.17, 15) is 9.59 Å². The summed E-state index contributed by atoms with van der Waals surface area (Å²) in [5, 5.41) is 7.07. The van der Waals surface area contributed by atoms with Crippen LogP contribution in [0.5, 0.6) is 0 Å². The van der Waals surface area contributed by atoms with E-state index in [0.717, 1.165) is 25.1 Å². The Labute approximate surface area is 154 Å². The molecule has 0 aliphatic carbocycles. The first-order chi connectivity index (χ1) is 11.9. The summed E-state index contributed by atoms with van der Waals surface area (Å²) in [4.78, 5) is 26.0. The van der Waals surface area contributed by atoms with Gasteiger partial charge in [-0.25, -0.2) is 9.59 Å². The molecule has 2 amide bonds. The van der Waals surface area contributed by atoms with Gasteiger partial charge < -0.3 is 14.4 Å². The zero-order valence-corrected chi connectivity index (χ0v) is 16.6. The number of aromatic nitrogens is 2. The van der Waals surface area contributed by atoms with Crippen LogP contribution in [0.4, 0.5) is 15.4 Å². The SMILES string of the molecule is CC(C)(C)OC(=O)Nc1cc2n(n1)CCCCN(C(=O)OC(C)(C)C)C2. The molecule has 1 aliphatic rings. The van der Waals surface area contributed by atoms with E-state index in [1.54, 1.807) is 31.7 Å². The number of aryl methyl sites for hydroxylation is 1. The standard InChI is InChI=1S/C18H30N4O4/c1-17(2,3)25-15(23)19-14-11-13-12-21(16(24)26-18(4,5)6)9-7-8-10-22(13)20-14/h11H,7-10,12H2,1-6H3,(H,19,20,23). The van der Waals surface area contributed by atoms with Crippen LogP contribution in [0.25, 0.3) is 0 Å². The fraction of sp³-hybridized carbons (Fsp3) is 0.722. The van der Waals surface area contributed by atoms with Crippen molar-refractivity contribution in [2.75, 3.05) is 11.9 Å². The first-order valence-corrected chi connectivity index (χ1v) is 8.98. The highest BCUT2D eigenvalue weighted by Crippen LogP contribution is 2.19. The predicted octanol–water partition coefficient (Wildman–Crippen LogP) is 3.76. The molecule has 2 heterocycles. The van der Waals surface area contributed by atoms with Crippen molar-refractivity contribution < 1.29 is 19.1 Å². The minimum atomic E-state index is -0.577. The Hall–Kier alpha value is -2.25. The lowest BCUT2D eigenvalue weighted by Crippen LogP contribution is -2.38. The molecular formula is C18H30N4O4. The summed E-state index contributed by atoms with van der Waals surface area (Å²) in [7, 11) is 0. The van der Waals surface area contributed by atoms with E-state index in [-0.39, 0.29) is 6.09 Å². The number of nitrogens with zero attached hydrogens (tertiary/aromatic N) is 3. The molecule has 146 valence electrons. The molecule has 0 unspecified atom stereocenters. The van der Waals surface area contributed by atoms with Crippen molar-refractivity contribution in [1.82, 2.24) is 14.7 Å². The molecule has 0 spiro atoms. The van der Waals surface area contributed by atoms with Crippen LogP contribution in [-0.2, 0) is 22.6 Å². The van der Waals surface area contributed by atoms with Gasteiger partial charge in [0.05, 0.1) is 12.2 Å². The summed E-state index contributed by atoms with van der Waals surface area (Å²) in [6, 6.07) is 1.77. The summed E-state index contributed by atoms with van der Waals surface area (Å²) in [5.41, 5.74) is -0.267. The monoisotopic (exact) mass is 366 g/mol. The number of fused-ring (bicyclic) bond motifs is 1. The number of rotatable bonds is 1. The number of carbonyl (C=O) groups is 2. The van der Waals surface area contributed by atoms with Gasteiger partial charge in [-0.05, 0) is 54.4 Å². The van der Waals surface area contributed by atoms with Gasteiger partial charge in [0.15, 0.2) is 5.82 Å². The number of nitrogens with one attached hydrogen (secondary N) is 1. The average Bonchev–Trinajstić information content (AvgIpc) is 2.75. The van der Waals surface area contributed by atoms with Gasteiger partial charge in [0.1, 0.15) is 11.2 Å². The number of amides is 2. The molecular weight excluding hydrogens is 336 g/mol. The van der Waals surface area contributed by atoms with Gasteiger partial charge in [-0.15, -0.1) is 0 Å². The lowest BCUT2D eigenvalue weighted by atomic mass is 10.2. The van der Waals surface area contributed by atoms with Gasteiger partial charge in [0, 0.05) is 19.2 Å². The Morgan fingerprint density at radius 3 is 2.27 bits per heavy atom. The third kappa shape index (κ3) is 6.24. The number of anilines is 1. The molecule has 1 aromatic heterocycles. The lowest BCUT2D eigenvalue weighted by molar-refractivity contribution is 0.0218. The van der Waals surface area contributed by atoms with Crippen molar-refractivity contribution in [2.24, 2.45) is 0 Å². The van der Waals surface area contributed by atoms with Gasteiger partial charge in [-0.1, -0.05) is 0 Å². The summed E-state index contributed by atoms with van der Waals surface area (Å²) < 4.78 is 12.6. The van der Waals surface area contributed by atoms with E-state index in [1.165, 1.54) is 0 Å². The second-order valence-corrected chi connectivity index (χ2v) is 8.48. The Kier molecular flexibility index (Phi) is 5.83. The van der Waals surface area contributed by atoms with Crippen LogP contribution in [0.2, 0.25) is 0 Å². The molecule has 1 aliphatic heterocycles. The van der Waals surface area contributed by atoms with E-state index in [2.05, 4.69) is 10.4 Å². The van der Waals surface area contributed by atoms with Gasteiger partial charge >= 0.3 is 12.2 Å². The smallest absolute Gasteiger partial charge is 0.413 e. The largest absolute Gasteiger partial charge is 0.444 e. The number of hydrogen-bond acceptors (Lipinski definition) is 5. The maximum Gasteiger partial charge on any atom is 0.413 e. The van der Waals surface area contributed by atoms with Crippen LogP contribution >= 0.6 is 0 Å². The first-order valence-electron chi connectivity index (χ1n) is 8.98. The highest BCUT2D eigenvalue weighted by Gasteiger charge is 2.25. The minimum absolute atomic E-state index is 0.339. The van der Waals surface area contributed by atoms with E-state index in [0.29, 0.717) is 18.9 Å². The molecule has 0 fully saturated rings. The quantitative estimate of drug-likeness (QED) is 0.818. The summed E-state index contributed by atoms with van der Waals surface area (Å²) >= 11 is 0. The second kappa shape index (κ2) is 7.55. The van der Waals surface area contributed by atoms with Gasteiger partial charge in [-0.2, -0.15) is 5.10 Å². The zero-order chi connectivity index (χ0) is 19.5. The van der Waals surface area contributed by atoms with Crippen LogP contribution in [0.15, 0.2) is 6.07 Å². The van der Waals surface area contributed by atoms with Crippen LogP contribution < -0.4 is 5.32 Å². The molecule has 26 heavy (non-hydrogen) atoms. The molecule has 0 bridgehead atoms. The van der Waals surface area contributed by atoms with Crippen molar-refractivity contribution in [3.8, 4) is 0 Å². The Morgan fingerprint density at radius 1 is 1.04 bits per heavy atom. The second-order valence-electron chi connectivity index (χ2n) is 8.48. The van der Waals surface area contributed by atoms with Crippen LogP contribution in [0, 0.1) is 0 Å². The molecule has 8 heteroatoms. The summed E-state index contributed by atoms with van der Waals surface area (Å²) in [6.45, 7) is 12.7. The first kappa shape index (κ1) is 20.1. The fourth-order valence-electron chi connectivity index (χ4n) is 2.57. The summed E-state index contributed by atoms with van der Waals surface area (Å²) in [5.74, 6) is 0.417. The van der Waals surface area contributed by atoms with E-state index in [1.807, 2.05) is 25.5 Å². The van der Waals surface area contributed by atoms with Gasteiger partial charge in [0.25, 0.3) is 0 Å². The molecule has 8 nitrogen and oxygen atoms in total. The Balaban J connectivity index is 2.10. The molecule has 1 N–H and O–H groups in total. The molecule has 0 radical (unpaired) electrons. The highest BCUT2D eigenvalue weighted by atomic mass is 16.6. The average molecular weight is 366 g/mol. The van der Waals surface area contributed by atoms with Crippen molar-refractivity contribution in [2.45, 2.75) is 78.7 Å². The van der Waals surface area contributed by atoms with Crippen molar-refractivity contribution in [3.63, 3.8) is 0 Å². The third-order valence-electron chi connectivity index (χ3n) is 3.54. The van der Waals surface area contributed by atoms with E-state index >= 15 is 0 Å². The Bertz CT molecular complexity index is 655. The number of carbonyl (C=O) groups excluding carboxylic acids is 2. The zero-order valence-electron chi connectivity index (χ0n) is 16.6. The Morgan fingerprint density at radius 2 is 1.65 bits per heavy atom. The highest BCUT2D eigenvalue weighted by molar-refractivity contribution is 5.83. The van der Waals surface area contributed by atoms with Crippen molar-refractivity contribution in [1.29, 1.82) is 0 Å². The molecule has 0 aromatic carbocycles. The lowest BCUT2D eigenvalue weighted by Gasteiger charge is -2.28. The third-order valence-corrected chi connectivity index (χ3v) is 3.54. The van der Waals surface area contributed by atoms with E-state index in [4.69, 9.17) is 9.47 Å². The van der Waals surface area contributed by atoms with Gasteiger partial charge in [0.2, 0.25) is 0 Å². The minimum Gasteiger partial charge on any atom is -0.444 e. The number of ether oxygens (including phenoxy) is 2. The topological polar surface area (TPSA) is 85.7 Å². The number of hydrogen-bond donors (Lipinski definition) is 1. The van der Waals surface area contributed by atoms with Crippen LogP contribution in [-0.4, -0.2) is 44.6 Å². The predicted molar refractivity (Wildman–Crippen MR) is 98.0 cm³/mol. The van der Waals surface area contributed by atoms with Gasteiger partial charge in [-0.3, -0.25) is 10.00 Å². The molecule has 0 saturated heterocycles. The molecule has 1 aromatic rings. The molecule has 2 rings (SSSR count). The molecule has 0 saturated carbocycles. The maximum atomic E-state index is 12.4. The van der Waals surface area contributed by atoms with Crippen LogP contribution in [0.3, 0.4) is 0 Å². The molecule has 0 atom stereocenters. The van der Waals surface area contributed by atoms with Crippen molar-refractivity contribution in [3.05, 3.63) is 11.8 Å². The summed E-state index contributed by atoms with van der Waals surface area (Å²) in [6.07, 6.45) is 0.870. The van der Waals surface area contributed by atoms with E-state index < -0.39 is 17.3 Å². The normalized spacial score (nSPS) is 15.5. The van der Waals surface area contributed by atoms with Crippen LogP contribution in [0.1, 0.15) is 60.1 Å². The van der Waals surface area contributed by atoms with Crippen molar-refractivity contribution >= 4 is 18.0 Å². The fourth-order valence-corrected chi connectivity index (χ4v) is 2.57. The maximum absolute atomic E-state index is 12.4.